The first-order valence-electron chi connectivity index (χ1n) is 13.7. The average molecular weight is 520 g/mol. The molecule has 0 atom stereocenters. The van der Waals surface area contributed by atoms with Crippen molar-refractivity contribution in [3.05, 3.63) is 82.2 Å². The van der Waals surface area contributed by atoms with Crippen LogP contribution in [0.1, 0.15) is 66.0 Å². The van der Waals surface area contributed by atoms with E-state index in [0.717, 1.165) is 48.6 Å². The Balaban J connectivity index is 1.52. The molecule has 38 heavy (non-hydrogen) atoms. The van der Waals surface area contributed by atoms with Gasteiger partial charge in [-0.15, -0.1) is 0 Å². The number of nitrogens with zero attached hydrogens (tertiary/aromatic N) is 2. The molecule has 0 radical (unpaired) electrons. The Morgan fingerprint density at radius 1 is 1.03 bits per heavy atom. The van der Waals surface area contributed by atoms with Crippen molar-refractivity contribution in [3.63, 3.8) is 0 Å². The van der Waals surface area contributed by atoms with Crippen molar-refractivity contribution in [2.24, 2.45) is 11.8 Å². The van der Waals surface area contributed by atoms with Crippen LogP contribution in [-0.2, 0) is 30.7 Å². The van der Waals surface area contributed by atoms with Gasteiger partial charge < -0.3 is 19.3 Å². The third-order valence-electron chi connectivity index (χ3n) is 6.54. The molecule has 0 fully saturated rings. The Labute approximate surface area is 226 Å². The van der Waals surface area contributed by atoms with Gasteiger partial charge in [-0.2, -0.15) is 0 Å². The molecule has 1 amide bonds. The maximum atomic E-state index is 13.1. The van der Waals surface area contributed by atoms with Crippen molar-refractivity contribution in [2.75, 3.05) is 32.9 Å². The molecule has 1 aliphatic heterocycles. The Bertz CT molecular complexity index is 1190. The molecule has 204 valence electrons. The maximum absolute atomic E-state index is 13.1. The number of aromatic nitrogens is 1. The van der Waals surface area contributed by atoms with E-state index in [1.165, 1.54) is 11.1 Å². The van der Waals surface area contributed by atoms with E-state index in [0.29, 0.717) is 50.2 Å². The SMILES string of the molecule is CC(C)Cc1nocc1CNC(=O)c1ccc2c(c1)Cc1cccc(c1)CN(CC(C)C)CCOCCO2. The lowest BCUT2D eigenvalue weighted by molar-refractivity contribution is 0.0746. The molecule has 0 spiro atoms. The molecule has 2 bridgehead atoms. The zero-order valence-corrected chi connectivity index (χ0v) is 23.2. The quantitative estimate of drug-likeness (QED) is 0.459. The molecule has 0 unspecified atom stereocenters. The van der Waals surface area contributed by atoms with Crippen LogP contribution in [0.5, 0.6) is 5.75 Å². The number of hydrogen-bond acceptors (Lipinski definition) is 6. The molecule has 3 aromatic rings. The maximum Gasteiger partial charge on any atom is 0.251 e. The van der Waals surface area contributed by atoms with Crippen LogP contribution in [0.25, 0.3) is 0 Å². The first-order valence-corrected chi connectivity index (χ1v) is 13.7. The summed E-state index contributed by atoms with van der Waals surface area (Å²) < 4.78 is 17.1. The van der Waals surface area contributed by atoms with Crippen LogP contribution in [0.4, 0.5) is 0 Å². The van der Waals surface area contributed by atoms with Gasteiger partial charge in [0.1, 0.15) is 18.6 Å². The second-order valence-electron chi connectivity index (χ2n) is 11.0. The summed E-state index contributed by atoms with van der Waals surface area (Å²) >= 11 is 0. The largest absolute Gasteiger partial charge is 0.491 e. The van der Waals surface area contributed by atoms with Crippen molar-refractivity contribution in [1.29, 1.82) is 0 Å². The van der Waals surface area contributed by atoms with Gasteiger partial charge >= 0.3 is 0 Å². The summed E-state index contributed by atoms with van der Waals surface area (Å²) in [6, 6.07) is 14.4. The highest BCUT2D eigenvalue weighted by molar-refractivity contribution is 5.94. The monoisotopic (exact) mass is 519 g/mol. The molecule has 0 aliphatic carbocycles. The van der Waals surface area contributed by atoms with E-state index in [-0.39, 0.29) is 5.91 Å². The summed E-state index contributed by atoms with van der Waals surface area (Å²) in [5.41, 5.74) is 5.87. The standard InChI is InChI=1S/C31H41N3O4/c1-22(2)14-29-28(21-38-33-29)18-32-31(35)26-8-9-30-27(17-26)16-24-6-5-7-25(15-24)20-34(19-23(3)4)10-11-36-12-13-37-30/h5-9,15,17,21-23H,10-14,16,18-20H2,1-4H3,(H,32,35). The number of amides is 1. The Morgan fingerprint density at radius 3 is 2.68 bits per heavy atom. The summed E-state index contributed by atoms with van der Waals surface area (Å²) in [6.07, 6.45) is 3.11. The summed E-state index contributed by atoms with van der Waals surface area (Å²) in [6.45, 7) is 13.6. The molecule has 0 saturated heterocycles. The topological polar surface area (TPSA) is 76.8 Å². The summed E-state index contributed by atoms with van der Waals surface area (Å²) in [7, 11) is 0. The summed E-state index contributed by atoms with van der Waals surface area (Å²) in [5, 5.41) is 7.13. The van der Waals surface area contributed by atoms with Gasteiger partial charge in [-0.3, -0.25) is 9.69 Å². The number of carbonyl (C=O) groups is 1. The number of nitrogens with one attached hydrogen (secondary N) is 1. The van der Waals surface area contributed by atoms with E-state index >= 15 is 0 Å². The first kappa shape index (κ1) is 27.9. The van der Waals surface area contributed by atoms with Crippen molar-refractivity contribution < 1.29 is 18.8 Å². The molecule has 2 heterocycles. The number of benzene rings is 2. The lowest BCUT2D eigenvalue weighted by Gasteiger charge is -2.25. The lowest BCUT2D eigenvalue weighted by atomic mass is 9.99. The number of carbonyl (C=O) groups excluding carboxylic acids is 1. The van der Waals surface area contributed by atoms with E-state index in [9.17, 15) is 4.79 Å². The van der Waals surface area contributed by atoms with E-state index in [4.69, 9.17) is 14.0 Å². The zero-order chi connectivity index (χ0) is 26.9. The van der Waals surface area contributed by atoms with Gasteiger partial charge in [0, 0.05) is 43.7 Å². The molecule has 1 aromatic heterocycles. The normalized spacial score (nSPS) is 15.1. The molecule has 0 saturated carbocycles. The third kappa shape index (κ3) is 8.17. The van der Waals surface area contributed by atoms with Crippen LogP contribution < -0.4 is 10.1 Å². The molecule has 4 rings (SSSR count). The van der Waals surface area contributed by atoms with Crippen LogP contribution in [0, 0.1) is 11.8 Å². The van der Waals surface area contributed by atoms with E-state index in [1.54, 1.807) is 6.26 Å². The molecule has 1 N–H and O–H groups in total. The Kier molecular flexibility index (Phi) is 9.96. The molecular weight excluding hydrogens is 478 g/mol. The minimum atomic E-state index is -0.134. The van der Waals surface area contributed by atoms with Crippen LogP contribution in [-0.4, -0.2) is 48.9 Å². The fourth-order valence-electron chi connectivity index (χ4n) is 4.83. The van der Waals surface area contributed by atoms with Gasteiger partial charge in [0.15, 0.2) is 0 Å². The van der Waals surface area contributed by atoms with Crippen LogP contribution in [0.3, 0.4) is 0 Å². The van der Waals surface area contributed by atoms with Gasteiger partial charge in [0.2, 0.25) is 0 Å². The number of rotatable bonds is 7. The lowest BCUT2D eigenvalue weighted by Crippen LogP contribution is -2.31. The van der Waals surface area contributed by atoms with Gasteiger partial charge in [0.25, 0.3) is 5.91 Å². The second kappa shape index (κ2) is 13.6. The van der Waals surface area contributed by atoms with Gasteiger partial charge in [-0.05, 0) is 53.1 Å². The van der Waals surface area contributed by atoms with E-state index in [2.05, 4.69) is 67.3 Å². The van der Waals surface area contributed by atoms with Gasteiger partial charge in [0.05, 0.1) is 18.9 Å². The van der Waals surface area contributed by atoms with Crippen LogP contribution >= 0.6 is 0 Å². The van der Waals surface area contributed by atoms with Crippen molar-refractivity contribution in [1.82, 2.24) is 15.4 Å². The Hall–Kier alpha value is -3.16. The molecule has 7 heteroatoms. The van der Waals surface area contributed by atoms with Crippen LogP contribution in [0.2, 0.25) is 0 Å². The van der Waals surface area contributed by atoms with Crippen molar-refractivity contribution in [2.45, 2.75) is 53.6 Å². The third-order valence-corrected chi connectivity index (χ3v) is 6.54. The predicted molar refractivity (Wildman–Crippen MR) is 148 cm³/mol. The van der Waals surface area contributed by atoms with Crippen molar-refractivity contribution in [3.8, 4) is 5.75 Å². The highest BCUT2D eigenvalue weighted by Gasteiger charge is 2.16. The summed E-state index contributed by atoms with van der Waals surface area (Å²) in [4.78, 5) is 15.5. The molecular formula is C31H41N3O4. The smallest absolute Gasteiger partial charge is 0.251 e. The zero-order valence-electron chi connectivity index (χ0n) is 23.2. The number of hydrogen-bond donors (Lipinski definition) is 1. The second-order valence-corrected chi connectivity index (χ2v) is 11.0. The van der Waals surface area contributed by atoms with E-state index in [1.807, 2.05) is 18.2 Å². The molecule has 7 nitrogen and oxygen atoms in total. The highest BCUT2D eigenvalue weighted by atomic mass is 16.5. The summed E-state index contributed by atoms with van der Waals surface area (Å²) in [5.74, 6) is 1.70. The van der Waals surface area contributed by atoms with E-state index < -0.39 is 0 Å². The minimum Gasteiger partial charge on any atom is -0.491 e. The number of ether oxygens (including phenoxy) is 2. The van der Waals surface area contributed by atoms with Crippen molar-refractivity contribution >= 4 is 5.91 Å². The minimum absolute atomic E-state index is 0.134. The fraction of sp³-hybridized carbons (Fsp3) is 0.484. The first-order chi connectivity index (χ1) is 18.4. The van der Waals surface area contributed by atoms with Gasteiger partial charge in [-0.25, -0.2) is 0 Å². The fourth-order valence-corrected chi connectivity index (χ4v) is 4.83. The highest BCUT2D eigenvalue weighted by Crippen LogP contribution is 2.25. The molecule has 2 aromatic carbocycles. The van der Waals surface area contributed by atoms with Crippen LogP contribution in [0.15, 0.2) is 53.3 Å². The molecule has 1 aliphatic rings. The predicted octanol–water partition coefficient (Wildman–Crippen LogP) is 5.26. The number of fused-ring (bicyclic) bond motifs is 3. The average Bonchev–Trinajstić information content (AvgIpc) is 3.30. The van der Waals surface area contributed by atoms with Gasteiger partial charge in [-0.1, -0.05) is 57.1 Å². The Morgan fingerprint density at radius 2 is 1.87 bits per heavy atom.